The van der Waals surface area contributed by atoms with E-state index in [1.165, 1.54) is 19.3 Å². The molecule has 1 rings (SSSR count). The number of rotatable bonds is 8. The van der Waals surface area contributed by atoms with Crippen LogP contribution in [0.3, 0.4) is 0 Å². The largest absolute Gasteiger partial charge is 0.462 e. The molecule has 1 aromatic rings. The van der Waals surface area contributed by atoms with Crippen LogP contribution in [0.15, 0.2) is 24.3 Å². The standard InChI is InChI=1S/C17H25O2/c1-14(2)8-7-9-15(3)12-13-19-17(18)16-10-5-4-6-11-16/h5-6,10-11,14-15H,7-9,12-13H2,1-3H3. The summed E-state index contributed by atoms with van der Waals surface area (Å²) in [6.07, 6.45) is 4.71. The van der Waals surface area contributed by atoms with E-state index in [1.54, 1.807) is 24.3 Å². The Morgan fingerprint density at radius 1 is 1.16 bits per heavy atom. The highest BCUT2D eigenvalue weighted by atomic mass is 16.5. The minimum absolute atomic E-state index is 0.233. The van der Waals surface area contributed by atoms with Gasteiger partial charge in [-0.3, -0.25) is 0 Å². The summed E-state index contributed by atoms with van der Waals surface area (Å²) in [7, 11) is 0. The van der Waals surface area contributed by atoms with E-state index in [-0.39, 0.29) is 5.97 Å². The highest BCUT2D eigenvalue weighted by Gasteiger charge is 2.08. The molecule has 1 unspecified atom stereocenters. The van der Waals surface area contributed by atoms with Gasteiger partial charge in [0.05, 0.1) is 12.2 Å². The maximum atomic E-state index is 11.7. The number of carbonyl (C=O) groups excluding carboxylic acids is 1. The van der Waals surface area contributed by atoms with E-state index in [0.717, 1.165) is 12.3 Å². The van der Waals surface area contributed by atoms with Crippen molar-refractivity contribution in [3.63, 3.8) is 0 Å². The normalized spacial score (nSPS) is 12.4. The molecular formula is C17H25O2. The van der Waals surface area contributed by atoms with Crippen molar-refractivity contribution in [3.8, 4) is 0 Å². The van der Waals surface area contributed by atoms with Gasteiger partial charge in [-0.25, -0.2) is 4.79 Å². The van der Waals surface area contributed by atoms with Gasteiger partial charge in [-0.15, -0.1) is 0 Å². The van der Waals surface area contributed by atoms with Crippen molar-refractivity contribution in [2.75, 3.05) is 6.61 Å². The lowest BCUT2D eigenvalue weighted by Gasteiger charge is -2.12. The van der Waals surface area contributed by atoms with E-state index in [0.29, 0.717) is 18.1 Å². The lowest BCUT2D eigenvalue weighted by molar-refractivity contribution is 0.0483. The highest BCUT2D eigenvalue weighted by molar-refractivity contribution is 5.89. The maximum Gasteiger partial charge on any atom is 0.338 e. The fourth-order valence-corrected chi connectivity index (χ4v) is 1.98. The van der Waals surface area contributed by atoms with Crippen LogP contribution in [-0.4, -0.2) is 12.6 Å². The average molecular weight is 261 g/mol. The molecule has 105 valence electrons. The molecule has 2 heteroatoms. The van der Waals surface area contributed by atoms with Crippen LogP contribution in [0.4, 0.5) is 0 Å². The van der Waals surface area contributed by atoms with E-state index in [9.17, 15) is 4.79 Å². The first-order valence-corrected chi connectivity index (χ1v) is 7.23. The van der Waals surface area contributed by atoms with Crippen molar-refractivity contribution in [1.82, 2.24) is 0 Å². The van der Waals surface area contributed by atoms with Crippen LogP contribution in [0.2, 0.25) is 0 Å². The quantitative estimate of drug-likeness (QED) is 0.644. The molecule has 0 aliphatic heterocycles. The summed E-state index contributed by atoms with van der Waals surface area (Å²) >= 11 is 0. The third-order valence-corrected chi connectivity index (χ3v) is 3.28. The third-order valence-electron chi connectivity index (χ3n) is 3.28. The fraction of sp³-hybridized carbons (Fsp3) is 0.588. The van der Waals surface area contributed by atoms with Crippen molar-refractivity contribution in [3.05, 3.63) is 35.9 Å². The summed E-state index contributed by atoms with van der Waals surface area (Å²) in [5, 5.41) is 0. The van der Waals surface area contributed by atoms with Gasteiger partial charge in [0, 0.05) is 0 Å². The van der Waals surface area contributed by atoms with E-state index < -0.39 is 0 Å². The van der Waals surface area contributed by atoms with Gasteiger partial charge in [-0.1, -0.05) is 52.2 Å². The van der Waals surface area contributed by atoms with Gasteiger partial charge in [0.25, 0.3) is 0 Å². The van der Waals surface area contributed by atoms with E-state index in [2.05, 4.69) is 26.8 Å². The van der Waals surface area contributed by atoms with Crippen LogP contribution in [0.5, 0.6) is 0 Å². The number of carbonyl (C=O) groups is 1. The fourth-order valence-electron chi connectivity index (χ4n) is 1.98. The zero-order valence-corrected chi connectivity index (χ0v) is 12.3. The summed E-state index contributed by atoms with van der Waals surface area (Å²) < 4.78 is 5.27. The molecular weight excluding hydrogens is 236 g/mol. The molecule has 1 atom stereocenters. The van der Waals surface area contributed by atoms with Gasteiger partial charge >= 0.3 is 5.97 Å². The van der Waals surface area contributed by atoms with Gasteiger partial charge in [0.1, 0.15) is 0 Å². The van der Waals surface area contributed by atoms with Gasteiger partial charge in [-0.05, 0) is 36.5 Å². The first-order valence-electron chi connectivity index (χ1n) is 7.23. The Balaban J connectivity index is 2.14. The van der Waals surface area contributed by atoms with Crippen LogP contribution in [0.1, 0.15) is 56.8 Å². The number of esters is 1. The van der Waals surface area contributed by atoms with Gasteiger partial charge in [0.15, 0.2) is 0 Å². The summed E-state index contributed by atoms with van der Waals surface area (Å²) in [6.45, 7) is 7.25. The predicted molar refractivity (Wildman–Crippen MR) is 78.0 cm³/mol. The molecule has 0 amide bonds. The van der Waals surface area contributed by atoms with Crippen LogP contribution in [0, 0.1) is 17.9 Å². The summed E-state index contributed by atoms with van der Waals surface area (Å²) in [5.74, 6) is 1.17. The Morgan fingerprint density at radius 2 is 1.84 bits per heavy atom. The summed E-state index contributed by atoms with van der Waals surface area (Å²) in [4.78, 5) is 11.7. The zero-order valence-electron chi connectivity index (χ0n) is 12.3. The lowest BCUT2D eigenvalue weighted by atomic mass is 9.98. The lowest BCUT2D eigenvalue weighted by Crippen LogP contribution is -2.09. The molecule has 2 nitrogen and oxygen atoms in total. The van der Waals surface area contributed by atoms with Crippen molar-refractivity contribution in [2.45, 2.75) is 46.5 Å². The third kappa shape index (κ3) is 7.00. The molecule has 0 fully saturated rings. The molecule has 0 saturated carbocycles. The first-order chi connectivity index (χ1) is 9.09. The van der Waals surface area contributed by atoms with E-state index in [1.807, 2.05) is 0 Å². The predicted octanol–water partition coefficient (Wildman–Crippen LogP) is 4.50. The molecule has 19 heavy (non-hydrogen) atoms. The minimum Gasteiger partial charge on any atom is -0.462 e. The Labute approximate surface area is 117 Å². The Bertz CT molecular complexity index is 357. The number of benzene rings is 1. The molecule has 0 aromatic heterocycles. The van der Waals surface area contributed by atoms with Gasteiger partial charge in [0.2, 0.25) is 0 Å². The zero-order chi connectivity index (χ0) is 14.1. The summed E-state index contributed by atoms with van der Waals surface area (Å²) in [6, 6.07) is 9.80. The van der Waals surface area contributed by atoms with Gasteiger partial charge in [-0.2, -0.15) is 0 Å². The SMILES string of the molecule is CC(C)CCCC(C)CCOC(=O)c1cc[c]cc1. The average Bonchev–Trinajstić information content (AvgIpc) is 2.39. The highest BCUT2D eigenvalue weighted by Crippen LogP contribution is 2.15. The van der Waals surface area contributed by atoms with Crippen LogP contribution in [0.25, 0.3) is 0 Å². The molecule has 0 aliphatic carbocycles. The Hall–Kier alpha value is -1.31. The molecule has 0 spiro atoms. The van der Waals surface area contributed by atoms with Crippen molar-refractivity contribution < 1.29 is 9.53 Å². The topological polar surface area (TPSA) is 26.3 Å². The second-order valence-corrected chi connectivity index (χ2v) is 5.64. The second kappa shape index (κ2) is 8.73. The Kier molecular flexibility index (Phi) is 7.24. The number of ether oxygens (including phenoxy) is 1. The molecule has 0 heterocycles. The molecule has 0 saturated heterocycles. The van der Waals surface area contributed by atoms with Crippen molar-refractivity contribution in [2.24, 2.45) is 11.8 Å². The van der Waals surface area contributed by atoms with Gasteiger partial charge < -0.3 is 4.74 Å². The van der Waals surface area contributed by atoms with Crippen LogP contribution < -0.4 is 0 Å². The first kappa shape index (κ1) is 15.7. The van der Waals surface area contributed by atoms with Crippen molar-refractivity contribution in [1.29, 1.82) is 0 Å². The molecule has 0 N–H and O–H groups in total. The monoisotopic (exact) mass is 261 g/mol. The molecule has 0 aliphatic rings. The van der Waals surface area contributed by atoms with Crippen molar-refractivity contribution >= 4 is 5.97 Å². The second-order valence-electron chi connectivity index (χ2n) is 5.64. The molecule has 1 aromatic carbocycles. The van der Waals surface area contributed by atoms with Crippen LogP contribution >= 0.6 is 0 Å². The smallest absolute Gasteiger partial charge is 0.338 e. The van der Waals surface area contributed by atoms with E-state index >= 15 is 0 Å². The maximum absolute atomic E-state index is 11.7. The number of hydrogen-bond acceptors (Lipinski definition) is 2. The van der Waals surface area contributed by atoms with Crippen LogP contribution in [-0.2, 0) is 4.74 Å². The molecule has 1 radical (unpaired) electrons. The molecule has 0 bridgehead atoms. The Morgan fingerprint density at radius 3 is 2.47 bits per heavy atom. The van der Waals surface area contributed by atoms with E-state index in [4.69, 9.17) is 4.74 Å². The number of hydrogen-bond donors (Lipinski definition) is 0. The summed E-state index contributed by atoms with van der Waals surface area (Å²) in [5.41, 5.74) is 0.603. The minimum atomic E-state index is -0.233.